The SMILES string of the molecule is C=C(C)C(NC)c1ccc2cc(Br)ccc2c1. The van der Waals surface area contributed by atoms with Crippen molar-refractivity contribution in [1.29, 1.82) is 0 Å². The Morgan fingerprint density at radius 3 is 2.47 bits per heavy atom. The lowest BCUT2D eigenvalue weighted by atomic mass is 9.98. The first kappa shape index (κ1) is 12.3. The topological polar surface area (TPSA) is 12.0 Å². The lowest BCUT2D eigenvalue weighted by molar-refractivity contribution is 0.681. The van der Waals surface area contributed by atoms with Gasteiger partial charge in [0.1, 0.15) is 0 Å². The van der Waals surface area contributed by atoms with Gasteiger partial charge in [-0.25, -0.2) is 0 Å². The molecule has 0 saturated carbocycles. The van der Waals surface area contributed by atoms with Gasteiger partial charge in [-0.15, -0.1) is 0 Å². The molecule has 1 nitrogen and oxygen atoms in total. The molecule has 0 heterocycles. The molecule has 0 aliphatic carbocycles. The van der Waals surface area contributed by atoms with Crippen LogP contribution in [0.3, 0.4) is 0 Å². The number of hydrogen-bond acceptors (Lipinski definition) is 1. The molecule has 1 unspecified atom stereocenters. The molecule has 0 amide bonds. The summed E-state index contributed by atoms with van der Waals surface area (Å²) in [6.45, 7) is 6.08. The van der Waals surface area contributed by atoms with Crippen LogP contribution < -0.4 is 5.32 Å². The van der Waals surface area contributed by atoms with Crippen molar-refractivity contribution in [1.82, 2.24) is 5.32 Å². The van der Waals surface area contributed by atoms with Crippen molar-refractivity contribution in [2.45, 2.75) is 13.0 Å². The average Bonchev–Trinajstić information content (AvgIpc) is 2.29. The van der Waals surface area contributed by atoms with Crippen LogP contribution in [0.2, 0.25) is 0 Å². The fourth-order valence-corrected chi connectivity index (χ4v) is 2.49. The Morgan fingerprint density at radius 1 is 1.18 bits per heavy atom. The van der Waals surface area contributed by atoms with Crippen LogP contribution in [-0.4, -0.2) is 7.05 Å². The summed E-state index contributed by atoms with van der Waals surface area (Å²) >= 11 is 3.49. The van der Waals surface area contributed by atoms with Crippen LogP contribution in [0.25, 0.3) is 10.8 Å². The van der Waals surface area contributed by atoms with E-state index in [1.807, 2.05) is 14.0 Å². The van der Waals surface area contributed by atoms with Gasteiger partial charge >= 0.3 is 0 Å². The standard InChI is InChI=1S/C15H16BrN/c1-10(2)15(17-3)13-5-4-12-9-14(16)7-6-11(12)8-13/h4-9,15,17H,1H2,2-3H3. The fourth-order valence-electron chi connectivity index (χ4n) is 2.11. The van der Waals surface area contributed by atoms with Crippen LogP contribution in [0.4, 0.5) is 0 Å². The Labute approximate surface area is 111 Å². The first-order valence-electron chi connectivity index (χ1n) is 5.63. The lowest BCUT2D eigenvalue weighted by Gasteiger charge is -2.17. The van der Waals surface area contributed by atoms with Gasteiger partial charge in [-0.05, 0) is 48.5 Å². The number of nitrogens with one attached hydrogen (secondary N) is 1. The monoisotopic (exact) mass is 289 g/mol. The third-order valence-electron chi connectivity index (χ3n) is 2.94. The summed E-state index contributed by atoms with van der Waals surface area (Å²) in [6, 6.07) is 13.1. The van der Waals surface area contributed by atoms with Crippen molar-refractivity contribution in [3.8, 4) is 0 Å². The second-order valence-corrected chi connectivity index (χ2v) is 5.23. The quantitative estimate of drug-likeness (QED) is 0.824. The third kappa shape index (κ3) is 2.59. The molecule has 0 bridgehead atoms. The Hall–Kier alpha value is -1.12. The average molecular weight is 290 g/mol. The van der Waals surface area contributed by atoms with Crippen molar-refractivity contribution in [2.75, 3.05) is 7.05 Å². The summed E-state index contributed by atoms with van der Waals surface area (Å²) in [5.74, 6) is 0. The zero-order valence-corrected chi connectivity index (χ0v) is 11.7. The second kappa shape index (κ2) is 5.03. The molecular weight excluding hydrogens is 274 g/mol. The first-order chi connectivity index (χ1) is 8.11. The van der Waals surface area contributed by atoms with E-state index in [2.05, 4.69) is 64.2 Å². The molecule has 2 rings (SSSR count). The number of halogens is 1. The fraction of sp³-hybridized carbons (Fsp3) is 0.200. The summed E-state index contributed by atoms with van der Waals surface area (Å²) in [6.07, 6.45) is 0. The van der Waals surface area contributed by atoms with Gasteiger partial charge < -0.3 is 5.32 Å². The highest BCUT2D eigenvalue weighted by atomic mass is 79.9. The molecular formula is C15H16BrN. The summed E-state index contributed by atoms with van der Waals surface area (Å²) < 4.78 is 1.11. The normalized spacial score (nSPS) is 12.6. The van der Waals surface area contributed by atoms with Crippen molar-refractivity contribution in [3.05, 3.63) is 58.6 Å². The van der Waals surface area contributed by atoms with E-state index < -0.39 is 0 Å². The summed E-state index contributed by atoms with van der Waals surface area (Å²) in [4.78, 5) is 0. The van der Waals surface area contributed by atoms with Crippen molar-refractivity contribution in [3.63, 3.8) is 0 Å². The van der Waals surface area contributed by atoms with Crippen molar-refractivity contribution < 1.29 is 0 Å². The van der Waals surface area contributed by atoms with E-state index in [1.165, 1.54) is 16.3 Å². The Balaban J connectivity index is 2.50. The van der Waals surface area contributed by atoms with Crippen LogP contribution >= 0.6 is 15.9 Å². The number of fused-ring (bicyclic) bond motifs is 1. The van der Waals surface area contributed by atoms with E-state index in [9.17, 15) is 0 Å². The minimum atomic E-state index is 0.225. The first-order valence-corrected chi connectivity index (χ1v) is 6.43. The maximum atomic E-state index is 4.03. The Bertz CT molecular complexity index is 560. The smallest absolute Gasteiger partial charge is 0.0528 e. The van der Waals surface area contributed by atoms with Crippen molar-refractivity contribution in [2.24, 2.45) is 0 Å². The maximum absolute atomic E-state index is 4.03. The molecule has 1 atom stereocenters. The minimum absolute atomic E-state index is 0.225. The number of rotatable bonds is 3. The van der Waals surface area contributed by atoms with Gasteiger partial charge in [0, 0.05) is 4.47 Å². The van der Waals surface area contributed by atoms with Gasteiger partial charge in [0.05, 0.1) is 6.04 Å². The van der Waals surface area contributed by atoms with Gasteiger partial charge in [-0.3, -0.25) is 0 Å². The van der Waals surface area contributed by atoms with E-state index in [-0.39, 0.29) is 6.04 Å². The maximum Gasteiger partial charge on any atom is 0.0528 e. The minimum Gasteiger partial charge on any atom is -0.310 e. The van der Waals surface area contributed by atoms with Crippen LogP contribution in [0, 0.1) is 0 Å². The Morgan fingerprint density at radius 2 is 1.82 bits per heavy atom. The molecule has 0 aromatic heterocycles. The van der Waals surface area contributed by atoms with Gasteiger partial charge in [0.15, 0.2) is 0 Å². The highest BCUT2D eigenvalue weighted by molar-refractivity contribution is 9.10. The number of likely N-dealkylation sites (N-methyl/N-ethyl adjacent to an activating group) is 1. The van der Waals surface area contributed by atoms with E-state index >= 15 is 0 Å². The van der Waals surface area contributed by atoms with Gasteiger partial charge in [-0.1, -0.05) is 46.3 Å². The summed E-state index contributed by atoms with van der Waals surface area (Å²) in [5, 5.41) is 5.79. The molecule has 88 valence electrons. The summed E-state index contributed by atoms with van der Waals surface area (Å²) in [5.41, 5.74) is 2.39. The molecule has 2 aromatic carbocycles. The van der Waals surface area contributed by atoms with Crippen LogP contribution in [0.5, 0.6) is 0 Å². The predicted octanol–water partition coefficient (Wildman–Crippen LogP) is 4.44. The van der Waals surface area contributed by atoms with E-state index in [0.717, 1.165) is 10.0 Å². The molecule has 2 aromatic rings. The second-order valence-electron chi connectivity index (χ2n) is 4.32. The zero-order chi connectivity index (χ0) is 12.4. The number of benzene rings is 2. The molecule has 2 heteroatoms. The van der Waals surface area contributed by atoms with Gasteiger partial charge in [0.2, 0.25) is 0 Å². The summed E-state index contributed by atoms with van der Waals surface area (Å²) in [7, 11) is 1.96. The van der Waals surface area contributed by atoms with Crippen LogP contribution in [0.15, 0.2) is 53.0 Å². The van der Waals surface area contributed by atoms with E-state index in [0.29, 0.717) is 0 Å². The molecule has 0 spiro atoms. The largest absolute Gasteiger partial charge is 0.310 e. The Kier molecular flexibility index (Phi) is 3.65. The van der Waals surface area contributed by atoms with E-state index in [1.54, 1.807) is 0 Å². The number of hydrogen-bond donors (Lipinski definition) is 1. The van der Waals surface area contributed by atoms with Crippen LogP contribution in [0.1, 0.15) is 18.5 Å². The molecule has 0 saturated heterocycles. The van der Waals surface area contributed by atoms with Gasteiger partial charge in [-0.2, -0.15) is 0 Å². The molecule has 17 heavy (non-hydrogen) atoms. The highest BCUT2D eigenvalue weighted by Crippen LogP contribution is 2.26. The predicted molar refractivity (Wildman–Crippen MR) is 78.3 cm³/mol. The molecule has 0 aliphatic rings. The lowest BCUT2D eigenvalue weighted by Crippen LogP contribution is -2.16. The molecule has 0 fully saturated rings. The van der Waals surface area contributed by atoms with Crippen LogP contribution in [-0.2, 0) is 0 Å². The van der Waals surface area contributed by atoms with Crippen molar-refractivity contribution >= 4 is 26.7 Å². The molecule has 1 N–H and O–H groups in total. The highest BCUT2D eigenvalue weighted by Gasteiger charge is 2.09. The molecule has 0 aliphatic heterocycles. The van der Waals surface area contributed by atoms with E-state index in [4.69, 9.17) is 0 Å². The van der Waals surface area contributed by atoms with Gasteiger partial charge in [0.25, 0.3) is 0 Å². The zero-order valence-electron chi connectivity index (χ0n) is 10.1. The molecule has 0 radical (unpaired) electrons. The third-order valence-corrected chi connectivity index (χ3v) is 3.43.